The summed E-state index contributed by atoms with van der Waals surface area (Å²) in [4.78, 5) is 0. The quantitative estimate of drug-likeness (QED) is 0.742. The molecule has 3 nitrogen and oxygen atoms in total. The Hall–Kier alpha value is -0.900. The molecule has 0 saturated heterocycles. The fraction of sp³-hybridized carbons (Fsp3) is 0.455. The van der Waals surface area contributed by atoms with Crippen molar-refractivity contribution in [3.05, 3.63) is 35.4 Å². The second-order valence-electron chi connectivity index (χ2n) is 3.09. The number of hydrogen-bond donors (Lipinski definition) is 2. The molecule has 1 aromatic rings. The van der Waals surface area contributed by atoms with Crippen LogP contribution in [0.2, 0.25) is 0 Å². The zero-order chi connectivity index (χ0) is 10.4. The summed E-state index contributed by atoms with van der Waals surface area (Å²) >= 11 is 0. The van der Waals surface area contributed by atoms with Gasteiger partial charge in [0, 0.05) is 13.2 Å². The third-order valence-electron chi connectivity index (χ3n) is 2.10. The van der Waals surface area contributed by atoms with Gasteiger partial charge in [0.05, 0.1) is 12.7 Å². The molecule has 0 fully saturated rings. The number of nitrogens with two attached hydrogens (primary N) is 1. The van der Waals surface area contributed by atoms with Gasteiger partial charge in [-0.25, -0.2) is 0 Å². The van der Waals surface area contributed by atoms with Crippen LogP contribution >= 0.6 is 0 Å². The predicted molar refractivity (Wildman–Crippen MR) is 55.8 cm³/mol. The molecule has 1 unspecified atom stereocenters. The molecule has 0 saturated carbocycles. The van der Waals surface area contributed by atoms with Crippen LogP contribution in [0, 0.1) is 0 Å². The Kier molecular flexibility index (Phi) is 4.59. The summed E-state index contributed by atoms with van der Waals surface area (Å²) in [7, 11) is 0. The molecule has 3 N–H and O–H groups in total. The van der Waals surface area contributed by atoms with Gasteiger partial charge in [-0.1, -0.05) is 24.3 Å². The highest BCUT2D eigenvalue weighted by atomic mass is 16.5. The van der Waals surface area contributed by atoms with E-state index in [1.165, 1.54) is 0 Å². The maximum absolute atomic E-state index is 9.63. The average Bonchev–Trinajstić information content (AvgIpc) is 2.25. The van der Waals surface area contributed by atoms with Crippen molar-refractivity contribution in [2.75, 3.05) is 13.2 Å². The van der Waals surface area contributed by atoms with Crippen molar-refractivity contribution in [2.24, 2.45) is 5.73 Å². The molecule has 1 rings (SSSR count). The van der Waals surface area contributed by atoms with E-state index in [2.05, 4.69) is 0 Å². The molecule has 0 radical (unpaired) electrons. The van der Waals surface area contributed by atoms with Gasteiger partial charge in [-0.15, -0.1) is 0 Å². The number of ether oxygens (including phenoxy) is 1. The van der Waals surface area contributed by atoms with E-state index in [4.69, 9.17) is 10.5 Å². The van der Waals surface area contributed by atoms with Crippen LogP contribution in [0.3, 0.4) is 0 Å². The monoisotopic (exact) mass is 195 g/mol. The molecule has 1 aromatic carbocycles. The maximum Gasteiger partial charge on any atom is 0.0915 e. The first-order chi connectivity index (χ1) is 6.79. The van der Waals surface area contributed by atoms with Crippen molar-refractivity contribution in [1.82, 2.24) is 0 Å². The highest BCUT2D eigenvalue weighted by molar-refractivity contribution is 5.28. The van der Waals surface area contributed by atoms with Gasteiger partial charge in [-0.2, -0.15) is 0 Å². The van der Waals surface area contributed by atoms with Crippen molar-refractivity contribution in [3.8, 4) is 0 Å². The molecule has 0 bridgehead atoms. The summed E-state index contributed by atoms with van der Waals surface area (Å²) in [6.07, 6.45) is -0.591. The van der Waals surface area contributed by atoms with E-state index in [-0.39, 0.29) is 6.54 Å². The molecular weight excluding hydrogens is 178 g/mol. The van der Waals surface area contributed by atoms with Crippen molar-refractivity contribution in [3.63, 3.8) is 0 Å². The Bertz CT molecular complexity index is 276. The number of aliphatic hydroxyl groups is 1. The zero-order valence-corrected chi connectivity index (χ0v) is 8.44. The topological polar surface area (TPSA) is 55.5 Å². The van der Waals surface area contributed by atoms with Crippen LogP contribution in [0.5, 0.6) is 0 Å². The number of hydrogen-bond acceptors (Lipinski definition) is 3. The highest BCUT2D eigenvalue weighted by Crippen LogP contribution is 2.17. The van der Waals surface area contributed by atoms with Gasteiger partial charge in [0.2, 0.25) is 0 Å². The van der Waals surface area contributed by atoms with Gasteiger partial charge >= 0.3 is 0 Å². The normalized spacial score (nSPS) is 12.8. The van der Waals surface area contributed by atoms with Crippen LogP contribution in [0.1, 0.15) is 24.2 Å². The lowest BCUT2D eigenvalue weighted by molar-refractivity contribution is 0.128. The zero-order valence-electron chi connectivity index (χ0n) is 8.44. The summed E-state index contributed by atoms with van der Waals surface area (Å²) in [5.41, 5.74) is 7.28. The van der Waals surface area contributed by atoms with Crippen LogP contribution in [0.4, 0.5) is 0 Å². The molecule has 3 heteroatoms. The van der Waals surface area contributed by atoms with E-state index in [1.54, 1.807) is 0 Å². The predicted octanol–water partition coefficient (Wildman–Crippen LogP) is 1.22. The number of rotatable bonds is 5. The highest BCUT2D eigenvalue weighted by Gasteiger charge is 2.09. The molecule has 0 aliphatic heterocycles. The van der Waals surface area contributed by atoms with Crippen molar-refractivity contribution < 1.29 is 9.84 Å². The Morgan fingerprint density at radius 3 is 2.79 bits per heavy atom. The molecule has 14 heavy (non-hydrogen) atoms. The van der Waals surface area contributed by atoms with Crippen molar-refractivity contribution >= 4 is 0 Å². The fourth-order valence-corrected chi connectivity index (χ4v) is 1.33. The first kappa shape index (κ1) is 11.2. The Labute approximate surface area is 84.5 Å². The molecule has 0 aliphatic carbocycles. The molecule has 0 spiro atoms. The second-order valence-corrected chi connectivity index (χ2v) is 3.09. The van der Waals surface area contributed by atoms with E-state index >= 15 is 0 Å². The van der Waals surface area contributed by atoms with E-state index in [0.29, 0.717) is 13.2 Å². The lowest BCUT2D eigenvalue weighted by Crippen LogP contribution is -2.13. The average molecular weight is 195 g/mol. The van der Waals surface area contributed by atoms with Crippen LogP contribution in [0.25, 0.3) is 0 Å². The third kappa shape index (κ3) is 2.80. The summed E-state index contributed by atoms with van der Waals surface area (Å²) in [5.74, 6) is 0. The molecule has 0 heterocycles. The summed E-state index contributed by atoms with van der Waals surface area (Å²) in [6.45, 7) is 3.39. The van der Waals surface area contributed by atoms with Gasteiger partial charge in [0.1, 0.15) is 0 Å². The summed E-state index contributed by atoms with van der Waals surface area (Å²) in [5, 5.41) is 9.63. The van der Waals surface area contributed by atoms with E-state index in [1.807, 2.05) is 31.2 Å². The molecule has 78 valence electrons. The number of benzene rings is 1. The Morgan fingerprint density at radius 2 is 2.14 bits per heavy atom. The molecule has 0 aliphatic rings. The first-order valence-corrected chi connectivity index (χ1v) is 4.83. The maximum atomic E-state index is 9.63. The Balaban J connectivity index is 2.79. The van der Waals surface area contributed by atoms with E-state index < -0.39 is 6.10 Å². The SMILES string of the molecule is CCOCc1ccccc1C(O)CN. The van der Waals surface area contributed by atoms with Gasteiger partial charge in [-0.3, -0.25) is 0 Å². The summed E-state index contributed by atoms with van der Waals surface area (Å²) in [6, 6.07) is 7.65. The van der Waals surface area contributed by atoms with Crippen LogP contribution in [0.15, 0.2) is 24.3 Å². The van der Waals surface area contributed by atoms with Gasteiger partial charge < -0.3 is 15.6 Å². The molecule has 0 amide bonds. The smallest absolute Gasteiger partial charge is 0.0915 e. The second kappa shape index (κ2) is 5.75. The lowest BCUT2D eigenvalue weighted by atomic mass is 10.0. The van der Waals surface area contributed by atoms with E-state index in [0.717, 1.165) is 11.1 Å². The minimum Gasteiger partial charge on any atom is -0.387 e. The first-order valence-electron chi connectivity index (χ1n) is 4.83. The van der Waals surface area contributed by atoms with Crippen LogP contribution < -0.4 is 5.73 Å². The van der Waals surface area contributed by atoms with Crippen molar-refractivity contribution in [2.45, 2.75) is 19.6 Å². The third-order valence-corrected chi connectivity index (χ3v) is 2.10. The largest absolute Gasteiger partial charge is 0.387 e. The van der Waals surface area contributed by atoms with Crippen molar-refractivity contribution in [1.29, 1.82) is 0 Å². The molecule has 0 aromatic heterocycles. The van der Waals surface area contributed by atoms with Gasteiger partial charge in [0.25, 0.3) is 0 Å². The lowest BCUT2D eigenvalue weighted by Gasteiger charge is -2.13. The standard InChI is InChI=1S/C11H17NO2/c1-2-14-8-9-5-3-4-6-10(9)11(13)7-12/h3-6,11,13H,2,7-8,12H2,1H3. The van der Waals surface area contributed by atoms with Crippen LogP contribution in [-0.4, -0.2) is 18.3 Å². The van der Waals surface area contributed by atoms with E-state index in [9.17, 15) is 5.11 Å². The Morgan fingerprint density at radius 1 is 1.43 bits per heavy atom. The number of aliphatic hydroxyl groups excluding tert-OH is 1. The van der Waals surface area contributed by atoms with Crippen LogP contribution in [-0.2, 0) is 11.3 Å². The summed E-state index contributed by atoms with van der Waals surface area (Å²) < 4.78 is 5.30. The fourth-order valence-electron chi connectivity index (χ4n) is 1.33. The molecular formula is C11H17NO2. The van der Waals surface area contributed by atoms with Gasteiger partial charge in [0.15, 0.2) is 0 Å². The minimum atomic E-state index is -0.591. The minimum absolute atomic E-state index is 0.239. The van der Waals surface area contributed by atoms with Gasteiger partial charge in [-0.05, 0) is 18.1 Å². The molecule has 1 atom stereocenters.